The summed E-state index contributed by atoms with van der Waals surface area (Å²) in [6.45, 7) is 0. The Hall–Kier alpha value is -1.80. The van der Waals surface area contributed by atoms with E-state index in [1.165, 1.54) is 17.8 Å². The number of aromatic nitrogens is 2. The van der Waals surface area contributed by atoms with E-state index < -0.39 is 9.84 Å². The van der Waals surface area contributed by atoms with Crippen molar-refractivity contribution in [3.63, 3.8) is 0 Å². The van der Waals surface area contributed by atoms with Crippen molar-refractivity contribution in [1.82, 2.24) is 9.97 Å². The minimum Gasteiger partial charge on any atom is -0.383 e. The maximum absolute atomic E-state index is 12.1. The quantitative estimate of drug-likeness (QED) is 0.803. The molecule has 0 amide bonds. The van der Waals surface area contributed by atoms with E-state index in [2.05, 4.69) is 9.97 Å². The van der Waals surface area contributed by atoms with Crippen LogP contribution < -0.4 is 11.5 Å². The highest BCUT2D eigenvalue weighted by molar-refractivity contribution is 8.01. The van der Waals surface area contributed by atoms with E-state index in [9.17, 15) is 8.42 Å². The maximum Gasteiger partial charge on any atom is 0.192 e. The van der Waals surface area contributed by atoms with Crippen molar-refractivity contribution < 1.29 is 8.42 Å². The number of rotatable bonds is 2. The molecule has 1 atom stereocenters. The van der Waals surface area contributed by atoms with Crippen molar-refractivity contribution in [3.05, 3.63) is 35.9 Å². The van der Waals surface area contributed by atoms with Gasteiger partial charge in [0.2, 0.25) is 0 Å². The molecule has 6 nitrogen and oxygen atoms in total. The smallest absolute Gasteiger partial charge is 0.192 e. The molecule has 2 heterocycles. The van der Waals surface area contributed by atoms with E-state index in [1.54, 1.807) is 12.1 Å². The molecule has 1 aliphatic rings. The molecular formula is C12H12N4O2S2. The third-order valence-electron chi connectivity index (χ3n) is 2.96. The standard InChI is InChI=1S/C12H12N4O2S2/c13-10-5-11(14)16-12(15-10)19-8-6-20(17,18)9-4-2-1-3-7(8)9/h1-5,8H,6H2,(H4,13,14,15,16). The summed E-state index contributed by atoms with van der Waals surface area (Å²) >= 11 is 1.26. The molecule has 0 spiro atoms. The van der Waals surface area contributed by atoms with E-state index in [1.807, 2.05) is 12.1 Å². The van der Waals surface area contributed by atoms with Crippen molar-refractivity contribution in [2.24, 2.45) is 0 Å². The molecule has 0 fully saturated rings. The number of nitrogen functional groups attached to an aromatic ring is 2. The second kappa shape index (κ2) is 4.64. The third-order valence-corrected chi connectivity index (χ3v) is 6.09. The Morgan fingerprint density at radius 1 is 1.15 bits per heavy atom. The van der Waals surface area contributed by atoms with Gasteiger partial charge >= 0.3 is 0 Å². The van der Waals surface area contributed by atoms with Crippen LogP contribution in [0.2, 0.25) is 0 Å². The summed E-state index contributed by atoms with van der Waals surface area (Å²) in [7, 11) is -3.23. The average molecular weight is 308 g/mol. The lowest BCUT2D eigenvalue weighted by Gasteiger charge is -2.09. The van der Waals surface area contributed by atoms with Crippen molar-refractivity contribution in [1.29, 1.82) is 0 Å². The number of hydrogen-bond donors (Lipinski definition) is 2. The van der Waals surface area contributed by atoms with Crippen LogP contribution in [0.15, 0.2) is 40.4 Å². The van der Waals surface area contributed by atoms with Crippen molar-refractivity contribution in [2.75, 3.05) is 17.2 Å². The largest absolute Gasteiger partial charge is 0.383 e. The molecule has 104 valence electrons. The minimum absolute atomic E-state index is 0.0368. The Morgan fingerprint density at radius 3 is 2.50 bits per heavy atom. The normalized spacial score (nSPS) is 19.7. The second-order valence-corrected chi connectivity index (χ2v) is 7.60. The van der Waals surface area contributed by atoms with Crippen molar-refractivity contribution >= 4 is 33.2 Å². The van der Waals surface area contributed by atoms with Crippen molar-refractivity contribution in [3.8, 4) is 0 Å². The van der Waals surface area contributed by atoms with Crippen LogP contribution in [0.5, 0.6) is 0 Å². The van der Waals surface area contributed by atoms with Gasteiger partial charge in [0.1, 0.15) is 11.6 Å². The maximum atomic E-state index is 12.1. The Morgan fingerprint density at radius 2 is 1.80 bits per heavy atom. The predicted octanol–water partition coefficient (Wildman–Crippen LogP) is 1.26. The number of nitrogens with zero attached hydrogens (tertiary/aromatic N) is 2. The van der Waals surface area contributed by atoms with Gasteiger partial charge in [0, 0.05) is 6.07 Å². The fourth-order valence-electron chi connectivity index (χ4n) is 2.15. The summed E-state index contributed by atoms with van der Waals surface area (Å²) in [6, 6.07) is 8.44. The van der Waals surface area contributed by atoms with E-state index in [-0.39, 0.29) is 22.6 Å². The first-order valence-corrected chi connectivity index (χ1v) is 8.37. The van der Waals surface area contributed by atoms with Gasteiger partial charge in [0.05, 0.1) is 15.9 Å². The molecular weight excluding hydrogens is 296 g/mol. The first kappa shape index (κ1) is 13.2. The molecule has 0 saturated carbocycles. The number of anilines is 2. The summed E-state index contributed by atoms with van der Waals surface area (Å²) < 4.78 is 24.2. The molecule has 4 N–H and O–H groups in total. The van der Waals surface area contributed by atoms with E-state index >= 15 is 0 Å². The molecule has 0 saturated heterocycles. The molecule has 1 aliphatic heterocycles. The van der Waals surface area contributed by atoms with Gasteiger partial charge in [-0.05, 0) is 11.6 Å². The molecule has 1 unspecified atom stereocenters. The van der Waals surface area contributed by atoms with E-state index in [0.29, 0.717) is 10.1 Å². The number of nitrogens with two attached hydrogens (primary N) is 2. The Bertz CT molecular complexity index is 757. The number of hydrogen-bond acceptors (Lipinski definition) is 7. The zero-order chi connectivity index (χ0) is 14.3. The van der Waals surface area contributed by atoms with Crippen LogP contribution >= 0.6 is 11.8 Å². The first-order chi connectivity index (χ1) is 9.45. The van der Waals surface area contributed by atoms with Crippen LogP contribution in [-0.4, -0.2) is 24.1 Å². The molecule has 0 aliphatic carbocycles. The fraction of sp³-hybridized carbons (Fsp3) is 0.167. The zero-order valence-corrected chi connectivity index (χ0v) is 12.0. The molecule has 1 aromatic heterocycles. The average Bonchev–Trinajstić information content (AvgIpc) is 2.60. The highest BCUT2D eigenvalue weighted by Crippen LogP contribution is 2.44. The van der Waals surface area contributed by atoms with Gasteiger partial charge in [0.15, 0.2) is 15.0 Å². The number of benzene rings is 1. The summed E-state index contributed by atoms with van der Waals surface area (Å²) in [5.74, 6) is 0.581. The molecule has 20 heavy (non-hydrogen) atoms. The molecule has 0 bridgehead atoms. The van der Waals surface area contributed by atoms with Gasteiger partial charge in [-0.15, -0.1) is 0 Å². The molecule has 3 rings (SSSR count). The lowest BCUT2D eigenvalue weighted by Crippen LogP contribution is -2.03. The third kappa shape index (κ3) is 2.32. The molecule has 0 radical (unpaired) electrons. The Balaban J connectivity index is 1.97. The summed E-state index contributed by atoms with van der Waals surface area (Å²) in [5.41, 5.74) is 12.0. The molecule has 8 heteroatoms. The number of fused-ring (bicyclic) bond motifs is 1. The van der Waals surface area contributed by atoms with Gasteiger partial charge in [-0.2, -0.15) is 0 Å². The second-order valence-electron chi connectivity index (χ2n) is 4.43. The summed E-state index contributed by atoms with van der Waals surface area (Å²) in [4.78, 5) is 8.53. The highest BCUT2D eigenvalue weighted by atomic mass is 32.2. The summed E-state index contributed by atoms with van der Waals surface area (Å²) in [5, 5.41) is 0.150. The summed E-state index contributed by atoms with van der Waals surface area (Å²) in [6.07, 6.45) is 0. The molecule has 2 aromatic rings. The van der Waals surface area contributed by atoms with Gasteiger partial charge in [-0.25, -0.2) is 18.4 Å². The number of thioether (sulfide) groups is 1. The minimum atomic E-state index is -3.23. The number of sulfone groups is 1. The van der Waals surface area contributed by atoms with Crippen LogP contribution in [0.4, 0.5) is 11.6 Å². The van der Waals surface area contributed by atoms with E-state index in [0.717, 1.165) is 5.56 Å². The zero-order valence-electron chi connectivity index (χ0n) is 10.4. The topological polar surface area (TPSA) is 112 Å². The van der Waals surface area contributed by atoms with E-state index in [4.69, 9.17) is 11.5 Å². The van der Waals surface area contributed by atoms with Gasteiger partial charge in [-0.1, -0.05) is 30.0 Å². The van der Waals surface area contributed by atoms with Crippen LogP contribution in [0.3, 0.4) is 0 Å². The fourth-order valence-corrected chi connectivity index (χ4v) is 5.55. The molecule has 1 aromatic carbocycles. The highest BCUT2D eigenvalue weighted by Gasteiger charge is 2.35. The van der Waals surface area contributed by atoms with Gasteiger partial charge < -0.3 is 11.5 Å². The first-order valence-electron chi connectivity index (χ1n) is 5.84. The van der Waals surface area contributed by atoms with Gasteiger partial charge in [0.25, 0.3) is 0 Å². The monoisotopic (exact) mass is 308 g/mol. The van der Waals surface area contributed by atoms with Crippen molar-refractivity contribution in [2.45, 2.75) is 15.3 Å². The van der Waals surface area contributed by atoms with Crippen LogP contribution in [0.1, 0.15) is 10.8 Å². The predicted molar refractivity (Wildman–Crippen MR) is 77.9 cm³/mol. The van der Waals surface area contributed by atoms with Gasteiger partial charge in [-0.3, -0.25) is 0 Å². The Labute approximate surface area is 120 Å². The van der Waals surface area contributed by atoms with Crippen LogP contribution in [-0.2, 0) is 9.84 Å². The van der Waals surface area contributed by atoms with Crippen LogP contribution in [0, 0.1) is 0 Å². The lowest BCUT2D eigenvalue weighted by atomic mass is 10.2. The lowest BCUT2D eigenvalue weighted by molar-refractivity contribution is 0.600. The SMILES string of the molecule is Nc1cc(N)nc(SC2CS(=O)(=O)c3ccccc32)n1. The van der Waals surface area contributed by atoms with Crippen LogP contribution in [0.25, 0.3) is 0 Å². The Kier molecular flexibility index (Phi) is 3.06.